The Morgan fingerprint density at radius 2 is 0.660 bits per heavy atom. The minimum atomic E-state index is 0.970. The molecule has 0 aliphatic heterocycles. The first kappa shape index (κ1) is 64.9. The molecule has 18 aromatic rings. The Kier molecular flexibility index (Phi) is 17.5. The van der Waals surface area contributed by atoms with Crippen LogP contribution < -0.4 is 36.5 Å². The zero-order chi connectivity index (χ0) is 69.0. The van der Waals surface area contributed by atoms with E-state index in [9.17, 15) is 0 Å². The lowest BCUT2D eigenvalue weighted by atomic mass is 10.2. The molecule has 0 aliphatic carbocycles. The van der Waals surface area contributed by atoms with Crippen LogP contribution in [0.1, 0.15) is 0 Å². The molecule has 0 aliphatic rings. The van der Waals surface area contributed by atoms with Gasteiger partial charge >= 0.3 is 20.0 Å². The highest BCUT2D eigenvalue weighted by Crippen LogP contribution is 2.34. The Hall–Kier alpha value is -11.0. The third-order valence-electron chi connectivity index (χ3n) is 19.2. The number of hydrogen-bond donors (Lipinski definition) is 0. The van der Waals surface area contributed by atoms with E-state index < -0.39 is 0 Å². The van der Waals surface area contributed by atoms with E-state index in [1.807, 2.05) is 75.4 Å². The fourth-order valence-electron chi connectivity index (χ4n) is 13.7. The Balaban J connectivity index is 0.000000109. The number of nitrogens with zero attached hydrogens (tertiary/aromatic N) is 14. The Morgan fingerprint density at radius 3 is 1.06 bits per heavy atom. The van der Waals surface area contributed by atoms with Gasteiger partial charge in [-0.25, -0.2) is 9.97 Å². The number of fused-ring (bicyclic) bond motifs is 6. The average molecular weight is 1390 g/mol. The molecule has 12 aromatic heterocycles. The molecule has 0 saturated carbocycles. The van der Waals surface area contributed by atoms with Gasteiger partial charge in [0, 0.05) is 130 Å². The molecule has 0 N–H and O–H groups in total. The molecule has 0 saturated heterocycles. The summed E-state index contributed by atoms with van der Waals surface area (Å²) in [5.41, 5.74) is 20.4. The highest BCUT2D eigenvalue weighted by Gasteiger charge is 2.33. The smallest absolute Gasteiger partial charge is 0.335 e. The number of hydrogen-bond acceptors (Lipinski definition) is 6. The third-order valence-corrected chi connectivity index (χ3v) is 24.2. The monoisotopic (exact) mass is 1390 g/mol. The van der Waals surface area contributed by atoms with Gasteiger partial charge in [0.2, 0.25) is 56.5 Å². The maximum Gasteiger partial charge on any atom is 0.335 e. The van der Waals surface area contributed by atoms with E-state index in [2.05, 4.69) is 369 Å². The van der Waals surface area contributed by atoms with Crippen LogP contribution in [0.15, 0.2) is 255 Å². The van der Waals surface area contributed by atoms with E-state index in [-0.39, 0.29) is 0 Å². The van der Waals surface area contributed by atoms with Crippen molar-refractivity contribution in [2.45, 2.75) is 0 Å². The molecule has 14 nitrogen and oxygen atoms in total. The minimum absolute atomic E-state index is 0.970. The van der Waals surface area contributed by atoms with E-state index in [0.29, 0.717) is 0 Å². The van der Waals surface area contributed by atoms with Crippen molar-refractivity contribution in [3.63, 3.8) is 0 Å². The van der Waals surface area contributed by atoms with E-state index in [4.69, 9.17) is 4.98 Å². The molecule has 0 bridgehead atoms. The molecule has 0 unspecified atom stereocenters. The van der Waals surface area contributed by atoms with Crippen LogP contribution in [0.2, 0.25) is 0 Å². The molecule has 492 valence electrons. The van der Waals surface area contributed by atoms with Crippen molar-refractivity contribution in [2.24, 2.45) is 84.6 Å². The molecule has 0 spiro atoms. The zero-order valence-electron chi connectivity index (χ0n) is 58.1. The van der Waals surface area contributed by atoms with Crippen LogP contribution in [0, 0.1) is 0 Å². The number of aromatic nitrogens is 14. The molecular weight excluding hydrogens is 1310 g/mol. The minimum Gasteiger partial charge on any atom is -0.346 e. The molecule has 18 heteroatoms. The van der Waals surface area contributed by atoms with Gasteiger partial charge in [0.15, 0.2) is 0 Å². The van der Waals surface area contributed by atoms with Crippen molar-refractivity contribution in [2.75, 3.05) is 0 Å². The van der Waals surface area contributed by atoms with Gasteiger partial charge < -0.3 is 18.3 Å². The van der Waals surface area contributed by atoms with Crippen LogP contribution in [-0.4, -0.2) is 28.2 Å². The quantitative estimate of drug-likeness (QED) is 0.142. The Morgan fingerprint density at radius 1 is 0.290 bits per heavy atom. The van der Waals surface area contributed by atoms with Crippen molar-refractivity contribution >= 4 is 108 Å². The first-order valence-corrected chi connectivity index (χ1v) is 36.4. The summed E-state index contributed by atoms with van der Waals surface area (Å²) in [6.45, 7) is 0. The second-order valence-corrected chi connectivity index (χ2v) is 29.3. The summed E-state index contributed by atoms with van der Waals surface area (Å²) in [5.74, 6) is 1.95. The van der Waals surface area contributed by atoms with E-state index in [1.165, 1.54) is 117 Å². The Bertz CT molecular complexity index is 5560. The molecule has 0 atom stereocenters. The van der Waals surface area contributed by atoms with E-state index >= 15 is 0 Å². The standard InChI is InChI=1S/C23H21N3S.C22H20N4S.C19H19N3S.C18H18N4S/c1-24-17-10-5-4-9-16(17)15-21(24)18-12-8-13-20(25(18)2)23-26(3)19-11-6-7-14-22(19)27-23;1-24-18(21-23-15-9-4-5-10-16(15)25(21)2)12-8-13-19(24)22-26(3)17-11-6-7-14-20(17)27-22;1-20-13-7-11-14(20)15-9-6-10-17(21(15)2)19-22(3)16-8-4-5-12-18(16)23-19;1-20-12-11-19-17(20)14-8-6-9-15(21(14)2)18-22(3)13-7-4-5-10-16(13)23-18/h4-15H,1-3H3;4-14H,1-3H3;4-13H,1-3H3;4-12H,1-3H3/q4*+2. The number of rotatable bonds is 8. The van der Waals surface area contributed by atoms with Crippen molar-refractivity contribution < 1.29 is 36.5 Å². The van der Waals surface area contributed by atoms with Crippen molar-refractivity contribution in [3.05, 3.63) is 255 Å². The van der Waals surface area contributed by atoms with Crippen molar-refractivity contribution in [1.82, 2.24) is 28.2 Å². The highest BCUT2D eigenvalue weighted by molar-refractivity contribution is 7.22. The lowest BCUT2D eigenvalue weighted by Gasteiger charge is -2.04. The van der Waals surface area contributed by atoms with Gasteiger partial charge in [-0.2, -0.15) is 36.5 Å². The van der Waals surface area contributed by atoms with E-state index in [0.717, 1.165) is 34.1 Å². The SMILES string of the molecule is Cn1c(-c2cccc(-c3sc4ccccc4[n+]3C)[n+]2C)cc2ccccc21.Cn1c(-c2cccc(-c3sc4ccccc4[n+]3C)[n+]2C)nc2ccccc21.Cn1cccc1-c1cccc(-c2sc3ccccc3[n+]2C)[n+]1C.Cn1ccnc1-c1cccc(-c2sc3ccccc3[n+]2C)[n+]1C. The second-order valence-electron chi connectivity index (χ2n) is 25.2. The van der Waals surface area contributed by atoms with Gasteiger partial charge in [0.05, 0.1) is 11.0 Å². The number of aryl methyl sites for hydroxylation is 8. The number of imidazole rings is 2. The zero-order valence-corrected chi connectivity index (χ0v) is 61.4. The van der Waals surface area contributed by atoms with Crippen LogP contribution in [0.4, 0.5) is 0 Å². The molecule has 100 heavy (non-hydrogen) atoms. The van der Waals surface area contributed by atoms with Gasteiger partial charge in [-0.1, -0.05) is 124 Å². The number of thiazole rings is 4. The first-order valence-electron chi connectivity index (χ1n) is 33.2. The van der Waals surface area contributed by atoms with Crippen molar-refractivity contribution in [3.8, 4) is 88.6 Å². The topological polar surface area (TPSA) is 76.5 Å². The fourth-order valence-corrected chi connectivity index (χ4v) is 18.6. The van der Waals surface area contributed by atoms with Crippen LogP contribution in [0.5, 0.6) is 0 Å². The second kappa shape index (κ2) is 27.0. The predicted octanol–water partition coefficient (Wildman–Crippen LogP) is 14.0. The van der Waals surface area contributed by atoms with Crippen LogP contribution >= 0.6 is 45.3 Å². The summed E-state index contributed by atoms with van der Waals surface area (Å²) in [6, 6.07) is 83.4. The van der Waals surface area contributed by atoms with Gasteiger partial charge in [-0.15, -0.1) is 0 Å². The normalized spacial score (nSPS) is 11.4. The number of para-hydroxylation sites is 7. The molecule has 0 amide bonds. The molecule has 18 rings (SSSR count). The average Bonchev–Trinajstić information content (AvgIpc) is 1.60. The summed E-state index contributed by atoms with van der Waals surface area (Å²) in [7, 11) is 25.4. The highest BCUT2D eigenvalue weighted by atomic mass is 32.1. The lowest BCUT2D eigenvalue weighted by Crippen LogP contribution is -2.39. The maximum absolute atomic E-state index is 4.88. The van der Waals surface area contributed by atoms with E-state index in [1.54, 1.807) is 0 Å². The summed E-state index contributed by atoms with van der Waals surface area (Å²) >= 11 is 7.31. The first-order chi connectivity index (χ1) is 48.6. The maximum atomic E-state index is 4.88. The van der Waals surface area contributed by atoms with Crippen LogP contribution in [0.25, 0.3) is 151 Å². The van der Waals surface area contributed by atoms with Gasteiger partial charge in [0.1, 0.15) is 86.6 Å². The molecule has 6 aromatic carbocycles. The van der Waals surface area contributed by atoms with Crippen molar-refractivity contribution in [1.29, 1.82) is 0 Å². The lowest BCUT2D eigenvalue weighted by molar-refractivity contribution is -0.670. The van der Waals surface area contributed by atoms with Crippen LogP contribution in [0.3, 0.4) is 0 Å². The summed E-state index contributed by atoms with van der Waals surface area (Å²) in [4.78, 5) is 9.37. The largest absolute Gasteiger partial charge is 0.346 e. The third kappa shape index (κ3) is 11.6. The van der Waals surface area contributed by atoms with Gasteiger partial charge in [0.25, 0.3) is 22.8 Å². The molecule has 0 radical (unpaired) electrons. The molecular formula is C82H78N14S4+8. The number of benzene rings is 6. The predicted molar refractivity (Wildman–Crippen MR) is 407 cm³/mol. The number of pyridine rings is 4. The molecule has 0 fully saturated rings. The summed E-state index contributed by atoms with van der Waals surface area (Å²) < 4.78 is 32.0. The fraction of sp³-hybridized carbons (Fsp3) is 0.146. The summed E-state index contributed by atoms with van der Waals surface area (Å²) in [6.07, 6.45) is 5.89. The van der Waals surface area contributed by atoms with Gasteiger partial charge in [-0.05, 0) is 84.9 Å². The summed E-state index contributed by atoms with van der Waals surface area (Å²) in [5, 5.41) is 6.28. The van der Waals surface area contributed by atoms with Gasteiger partial charge in [-0.3, -0.25) is 0 Å². The Labute approximate surface area is 597 Å². The molecule has 12 heterocycles. The van der Waals surface area contributed by atoms with Crippen LogP contribution in [-0.2, 0) is 84.6 Å².